The van der Waals surface area contributed by atoms with Crippen molar-refractivity contribution in [1.29, 1.82) is 0 Å². The highest BCUT2D eigenvalue weighted by Gasteiger charge is 2.34. The Morgan fingerprint density at radius 1 is 0.516 bits per heavy atom. The summed E-state index contributed by atoms with van der Waals surface area (Å²) in [4.78, 5) is 96.9. The van der Waals surface area contributed by atoms with Gasteiger partial charge in [0.1, 0.15) is 45.0 Å². The van der Waals surface area contributed by atoms with E-state index in [1.54, 1.807) is 58.8 Å². The molecule has 5 atom stereocenters. The predicted octanol–water partition coefficient (Wildman–Crippen LogP) is 16.4. The molecule has 0 unspecified atom stereocenters. The normalized spacial score (nSPS) is 18.5. The van der Waals surface area contributed by atoms with Gasteiger partial charge in [-0.25, -0.2) is 48.5 Å². The molecule has 35 nitrogen and oxygen atoms in total. The molecule has 0 saturated carbocycles. The first kappa shape index (κ1) is 89.8. The molecule has 0 spiro atoms. The average molecular weight is 1800 g/mol. The Morgan fingerprint density at radius 2 is 0.910 bits per heavy atom. The van der Waals surface area contributed by atoms with E-state index in [1.165, 1.54) is 17.4 Å². The van der Waals surface area contributed by atoms with Crippen molar-refractivity contribution in [2.75, 3.05) is 92.0 Å². The lowest BCUT2D eigenvalue weighted by molar-refractivity contribution is 0.0196. The number of nitrogens with zero attached hydrogens (tertiary/aromatic N) is 13. The minimum Gasteiger partial charge on any atom is -0.444 e. The van der Waals surface area contributed by atoms with Gasteiger partial charge in [-0.05, 0) is 223 Å². The van der Waals surface area contributed by atoms with Crippen molar-refractivity contribution in [3.05, 3.63) is 124 Å². The number of pyridine rings is 5. The topological polar surface area (TPSA) is 434 Å². The summed E-state index contributed by atoms with van der Waals surface area (Å²) in [6.07, 6.45) is 26.4. The van der Waals surface area contributed by atoms with E-state index in [0.29, 0.717) is 85.6 Å². The van der Waals surface area contributed by atoms with Crippen LogP contribution in [-0.4, -0.2) is 228 Å². The Morgan fingerprint density at radius 3 is 1.35 bits per heavy atom. The summed E-state index contributed by atoms with van der Waals surface area (Å²) in [5.41, 5.74) is 13.8. The van der Waals surface area contributed by atoms with Gasteiger partial charge in [-0.3, -0.25) is 4.98 Å². The van der Waals surface area contributed by atoms with Crippen LogP contribution < -0.4 is 43.0 Å². The van der Waals surface area contributed by atoms with Crippen molar-refractivity contribution in [2.24, 2.45) is 10.9 Å². The number of oxime groups is 1. The van der Waals surface area contributed by atoms with Crippen LogP contribution in [0.15, 0.2) is 111 Å². The van der Waals surface area contributed by atoms with Crippen molar-refractivity contribution in [3.8, 4) is 11.4 Å². The smallest absolute Gasteiger partial charge is 0.420 e. The summed E-state index contributed by atoms with van der Waals surface area (Å²) in [5, 5.41) is 45.5. The number of amidine groups is 1. The number of anilines is 5. The third-order valence-electron chi connectivity index (χ3n) is 20.4. The average Bonchev–Trinajstić information content (AvgIpc) is 1.63. The third-order valence-corrected chi connectivity index (χ3v) is 21.6. The summed E-state index contributed by atoms with van der Waals surface area (Å²) in [6.45, 7) is 39.3. The van der Waals surface area contributed by atoms with Gasteiger partial charge < -0.3 is 106 Å². The standard InChI is InChI=1S/C20H26N6O3.C18H26N6O3.C18H23N5O2.C17H23BrN4O2.C12H15BrN4/c1-12-23-18(25-29-12)15-10-22-17-14(7-8-21-17)16(15)24-13-6-5-9-26(11-13)19(27)28-20(2,3)4;1-18(2,3)27-17(25)24-8-4-5-11(10-24)22-14-12-6-7-20-16(12)21-9-13(14)15(19)23-26;1-18(2,3)25-17(24)23-9-5-6-12(11-23)22-15-13-7-8-20-16(13)21-10-14(15)19-4;1-17(2,3)24-16(23)22-8-6-12-14(13(18)10-20-15(12)22)21-11-5-4-7-19-9-11;13-10-7-16-12-9(3-5-15-12)11(10)17-8-2-1-4-14-6-8/h7-8,10,13H,5-6,9,11H2,1-4H3,(H2,21,22,24);6-7,9,11,26H,4-5,8,10H2,1-3H3,(H2,19,23)(H2,20,21,22);7-8,10,12H,5-6,9,11H2,1-3H3,(H2,20,21,22);6,8,10-11,19H,4-5,7,9H2,1-3H3,(H,20,21);3,5,7-8,14H,1-2,4,6H2,(H2,15,16,17)/t13-;11-;12-;11-;8-/m11111/s1. The number of halogens is 2. The molecule has 37 heteroatoms. The minimum atomic E-state index is -0.544. The van der Waals surface area contributed by atoms with E-state index < -0.39 is 28.5 Å². The van der Waals surface area contributed by atoms with Gasteiger partial charge in [0.2, 0.25) is 17.4 Å². The zero-order valence-corrected chi connectivity index (χ0v) is 74.6. The molecule has 0 aliphatic carbocycles. The van der Waals surface area contributed by atoms with E-state index in [9.17, 15) is 19.2 Å². The number of ether oxygens (including phenoxy) is 4. The zero-order chi connectivity index (χ0) is 87.2. The van der Waals surface area contributed by atoms with Gasteiger partial charge in [-0.2, -0.15) is 4.98 Å². The molecule has 16 heterocycles. The Kier molecular flexibility index (Phi) is 29.1. The number of piperidine rings is 5. The Bertz CT molecular complexity index is 5490. The van der Waals surface area contributed by atoms with Crippen LogP contribution in [0.4, 0.5) is 53.3 Å². The van der Waals surface area contributed by atoms with E-state index >= 15 is 0 Å². The highest BCUT2D eigenvalue weighted by atomic mass is 79.9. The molecule has 11 aromatic rings. The predicted molar refractivity (Wildman–Crippen MR) is 480 cm³/mol. The number of aryl methyl sites for hydroxylation is 1. The van der Waals surface area contributed by atoms with Crippen LogP contribution in [0, 0.1) is 13.5 Å². The number of aromatic amines is 4. The number of likely N-dealkylation sites (tertiary alicyclic amines) is 3. The maximum Gasteiger partial charge on any atom is 0.420 e. The monoisotopic (exact) mass is 1800 g/mol. The fourth-order valence-corrected chi connectivity index (χ4v) is 15.8. The van der Waals surface area contributed by atoms with Gasteiger partial charge >= 0.3 is 24.4 Å². The molecule has 5 saturated heterocycles. The molecule has 0 bridgehead atoms. The molecule has 14 N–H and O–H groups in total. The lowest BCUT2D eigenvalue weighted by atomic mass is 10.0. The molecule has 652 valence electrons. The van der Waals surface area contributed by atoms with E-state index in [4.69, 9.17) is 41.0 Å². The second-order valence-electron chi connectivity index (χ2n) is 34.8. The summed E-state index contributed by atoms with van der Waals surface area (Å²) in [5.74, 6) is 0.960. The molecule has 11 aromatic heterocycles. The van der Waals surface area contributed by atoms with E-state index in [-0.39, 0.29) is 42.2 Å². The largest absolute Gasteiger partial charge is 0.444 e. The first-order valence-electron chi connectivity index (χ1n) is 41.4. The number of amides is 3. The van der Waals surface area contributed by atoms with Gasteiger partial charge in [-0.15, -0.1) is 0 Å². The Hall–Kier alpha value is -11.5. The highest BCUT2D eigenvalue weighted by molar-refractivity contribution is 9.11. The van der Waals surface area contributed by atoms with Gasteiger partial charge in [0.15, 0.2) is 11.5 Å². The van der Waals surface area contributed by atoms with Gasteiger partial charge in [-0.1, -0.05) is 10.3 Å². The van der Waals surface area contributed by atoms with E-state index in [2.05, 4.69) is 140 Å². The number of fused-ring (bicyclic) bond motifs is 5. The molecule has 0 radical (unpaired) electrons. The second-order valence-corrected chi connectivity index (χ2v) is 36.5. The third kappa shape index (κ3) is 23.8. The molecule has 5 fully saturated rings. The number of H-pyrrole nitrogens is 4. The van der Waals surface area contributed by atoms with Gasteiger partial charge in [0, 0.05) is 178 Å². The Balaban J connectivity index is 0.000000141. The van der Waals surface area contributed by atoms with Crippen molar-refractivity contribution in [3.63, 3.8) is 0 Å². The fourth-order valence-electron chi connectivity index (χ4n) is 14.9. The van der Waals surface area contributed by atoms with E-state index in [0.717, 1.165) is 164 Å². The Labute approximate surface area is 725 Å². The molecule has 0 aromatic carbocycles. The number of nitrogens with one attached hydrogen (secondary N) is 11. The molecule has 5 aliphatic rings. The lowest BCUT2D eigenvalue weighted by Crippen LogP contribution is -2.47. The highest BCUT2D eigenvalue weighted by Crippen LogP contribution is 2.38. The number of hydrogen-bond donors (Lipinski definition) is 13. The zero-order valence-electron chi connectivity index (χ0n) is 71.5. The lowest BCUT2D eigenvalue weighted by Gasteiger charge is -2.35. The quantitative estimate of drug-likeness (QED) is 0.0135. The van der Waals surface area contributed by atoms with Crippen molar-refractivity contribution < 1.29 is 47.9 Å². The first-order chi connectivity index (χ1) is 58.1. The SMILES string of the molecule is Brc1cnc2[nH]ccc2c1N[C@@H]1CCCNC1.CC(C)(C)OC(=O)N1CCC[C@@H](Nc2c(/C(N)=N/O)cnc3[nH]ccc23)C1.CC(C)(C)OC(=O)n1ccc2c(N[C@@H]3CCCNC3)c(Br)cnc21.Cc1nc(-c2cnc3[nH]ccc3c2N[C@@H]2CCCN(C(=O)OC(C)(C)C)C2)no1.[C-]#[N+]c1cnc2[nH]ccc2c1N[C@@H]1CCCN(C(=O)OC(C)(C)C)C1. The van der Waals surface area contributed by atoms with Crippen LogP contribution in [-0.2, 0) is 18.9 Å². The fraction of sp³-hybridized carbons (Fsp3) is 0.494. The molecular weight excluding hydrogens is 1690 g/mol. The number of nitrogens with two attached hydrogens (primary N) is 1. The number of carbonyl (C=O) groups is 4. The summed E-state index contributed by atoms with van der Waals surface area (Å²) in [7, 11) is 0. The van der Waals surface area contributed by atoms with Crippen molar-refractivity contribution >= 4 is 151 Å². The van der Waals surface area contributed by atoms with Gasteiger partial charge in [0.25, 0.3) is 0 Å². The van der Waals surface area contributed by atoms with Crippen LogP contribution >= 0.6 is 31.9 Å². The summed E-state index contributed by atoms with van der Waals surface area (Å²) >= 11 is 7.14. The maximum absolute atomic E-state index is 12.5. The number of aromatic nitrogens is 12. The van der Waals surface area contributed by atoms with Crippen LogP contribution in [0.2, 0.25) is 0 Å². The number of rotatable bonds is 12. The van der Waals surface area contributed by atoms with Crippen LogP contribution in [0.25, 0.3) is 71.4 Å². The first-order valence-corrected chi connectivity index (χ1v) is 43.0. The molecule has 122 heavy (non-hydrogen) atoms. The number of hydrogen-bond acceptors (Lipinski definition) is 25. The van der Waals surface area contributed by atoms with Crippen molar-refractivity contribution in [1.82, 2.24) is 84.9 Å². The van der Waals surface area contributed by atoms with E-state index in [1.807, 2.05) is 132 Å². The molecule has 3 amide bonds. The number of carbonyl (C=O) groups excluding carboxylic acids is 4. The van der Waals surface area contributed by atoms with Gasteiger partial charge in [0.05, 0.1) is 55.1 Å². The maximum atomic E-state index is 12.5. The van der Waals surface area contributed by atoms with Crippen LogP contribution in [0.3, 0.4) is 0 Å². The minimum absolute atomic E-state index is 0.0111. The summed E-state index contributed by atoms with van der Waals surface area (Å²) in [6, 6.07) is 10.7. The van der Waals surface area contributed by atoms with Crippen LogP contribution in [0.1, 0.15) is 159 Å². The summed E-state index contributed by atoms with van der Waals surface area (Å²) < 4.78 is 30.5. The molecule has 16 rings (SSSR count). The second kappa shape index (κ2) is 39.6. The molecular formula is C85H113Br2N25O10. The molecule has 5 aliphatic heterocycles. The van der Waals surface area contributed by atoms with Crippen molar-refractivity contribution in [2.45, 2.75) is 207 Å². The van der Waals surface area contributed by atoms with Crippen LogP contribution in [0.5, 0.6) is 0 Å².